The van der Waals surface area contributed by atoms with Gasteiger partial charge in [-0.25, -0.2) is 4.79 Å². The predicted molar refractivity (Wildman–Crippen MR) is 120 cm³/mol. The number of ether oxygens (including phenoxy) is 1. The van der Waals surface area contributed by atoms with Gasteiger partial charge in [0.15, 0.2) is 5.78 Å². The largest absolute Gasteiger partial charge is 0.444 e. The first kappa shape index (κ1) is 21.8. The van der Waals surface area contributed by atoms with Gasteiger partial charge >= 0.3 is 5.97 Å². The van der Waals surface area contributed by atoms with Crippen LogP contribution >= 0.6 is 0 Å². The van der Waals surface area contributed by atoms with Gasteiger partial charge in [0.25, 0.3) is 5.91 Å². The number of Topliss-reactive ketones (excluding diaryl/α,β-unsaturated/α-hetero) is 1. The maximum atomic E-state index is 13.1. The summed E-state index contributed by atoms with van der Waals surface area (Å²) in [5.74, 6) is -1.22. The molecule has 0 heterocycles. The zero-order valence-corrected chi connectivity index (χ0v) is 17.7. The molecule has 0 saturated heterocycles. The number of amides is 1. The Morgan fingerprint density at radius 1 is 0.839 bits per heavy atom. The zero-order valence-electron chi connectivity index (χ0n) is 17.7. The van der Waals surface area contributed by atoms with Gasteiger partial charge < -0.3 is 15.0 Å². The lowest BCUT2D eigenvalue weighted by Crippen LogP contribution is -2.26. The Hall–Kier alpha value is -3.93. The van der Waals surface area contributed by atoms with Crippen LogP contribution in [-0.4, -0.2) is 31.8 Å². The molecule has 0 radical (unpaired) electrons. The number of esters is 1. The Bertz CT molecular complexity index is 1090. The summed E-state index contributed by atoms with van der Waals surface area (Å²) in [7, 11) is 3.75. The van der Waals surface area contributed by atoms with Gasteiger partial charge in [-0.3, -0.25) is 9.59 Å². The summed E-state index contributed by atoms with van der Waals surface area (Å²) in [5, 5.41) is 2.75. The molecule has 3 aromatic carbocycles. The molecule has 0 fully saturated rings. The predicted octanol–water partition coefficient (Wildman–Crippen LogP) is 4.49. The second-order valence-electron chi connectivity index (χ2n) is 7.27. The molecule has 1 unspecified atom stereocenters. The van der Waals surface area contributed by atoms with Crippen molar-refractivity contribution in [3.63, 3.8) is 0 Å². The minimum absolute atomic E-state index is 0.108. The summed E-state index contributed by atoms with van der Waals surface area (Å²) in [6.07, 6.45) is -1.15. The number of hydrogen-bond acceptors (Lipinski definition) is 5. The van der Waals surface area contributed by atoms with E-state index >= 15 is 0 Å². The minimum atomic E-state index is -1.15. The smallest absolute Gasteiger partial charge is 0.339 e. The van der Waals surface area contributed by atoms with Crippen LogP contribution in [0.1, 0.15) is 39.3 Å². The number of benzene rings is 3. The van der Waals surface area contributed by atoms with E-state index < -0.39 is 18.0 Å². The van der Waals surface area contributed by atoms with Crippen molar-refractivity contribution < 1.29 is 19.1 Å². The van der Waals surface area contributed by atoms with E-state index in [4.69, 9.17) is 4.74 Å². The van der Waals surface area contributed by atoms with Gasteiger partial charge in [-0.15, -0.1) is 0 Å². The first-order valence-electron chi connectivity index (χ1n) is 9.80. The van der Waals surface area contributed by atoms with Crippen molar-refractivity contribution in [3.8, 4) is 0 Å². The Labute approximate surface area is 181 Å². The van der Waals surface area contributed by atoms with Gasteiger partial charge in [0.05, 0.1) is 5.56 Å². The van der Waals surface area contributed by atoms with Crippen LogP contribution in [0, 0.1) is 0 Å². The van der Waals surface area contributed by atoms with E-state index in [2.05, 4.69) is 5.32 Å². The Morgan fingerprint density at radius 2 is 1.52 bits per heavy atom. The molecular formula is C25H24N2O4. The first-order chi connectivity index (χ1) is 14.8. The summed E-state index contributed by atoms with van der Waals surface area (Å²) in [6, 6.07) is 22.4. The quantitative estimate of drug-likeness (QED) is 0.454. The second-order valence-corrected chi connectivity index (χ2v) is 7.27. The summed E-state index contributed by atoms with van der Waals surface area (Å²) in [5.41, 5.74) is 2.66. The molecule has 0 bridgehead atoms. The van der Waals surface area contributed by atoms with Crippen LogP contribution in [0.4, 0.5) is 11.4 Å². The Kier molecular flexibility index (Phi) is 6.82. The van der Waals surface area contributed by atoms with E-state index in [0.29, 0.717) is 22.4 Å². The molecular weight excluding hydrogens is 392 g/mol. The number of ketones is 1. The van der Waals surface area contributed by atoms with Gasteiger partial charge in [-0.2, -0.15) is 0 Å². The van der Waals surface area contributed by atoms with Gasteiger partial charge in [0.1, 0.15) is 0 Å². The number of nitrogens with one attached hydrogen (secondary N) is 1. The van der Waals surface area contributed by atoms with E-state index in [1.807, 2.05) is 31.1 Å². The molecule has 0 aliphatic carbocycles. The molecule has 0 saturated carbocycles. The molecule has 3 rings (SSSR count). The molecule has 0 aromatic heterocycles. The van der Waals surface area contributed by atoms with Crippen molar-refractivity contribution in [3.05, 3.63) is 95.6 Å². The van der Waals surface area contributed by atoms with Crippen molar-refractivity contribution in [2.24, 2.45) is 0 Å². The standard InChI is InChI=1S/C25H24N2O4/c1-17(28)19-11-7-13-21(15-19)26-24(29)23(18-9-5-4-6-10-18)31-25(30)20-12-8-14-22(16-20)27(2)3/h4-16,23H,1-3H3,(H,26,29). The molecule has 0 aliphatic heterocycles. The van der Waals surface area contributed by atoms with Crippen molar-refractivity contribution in [1.29, 1.82) is 0 Å². The first-order valence-corrected chi connectivity index (χ1v) is 9.80. The highest BCUT2D eigenvalue weighted by Gasteiger charge is 2.26. The van der Waals surface area contributed by atoms with Crippen LogP contribution in [0.5, 0.6) is 0 Å². The van der Waals surface area contributed by atoms with Gasteiger partial charge in [-0.05, 0) is 37.3 Å². The van der Waals surface area contributed by atoms with Crippen LogP contribution in [0.15, 0.2) is 78.9 Å². The maximum Gasteiger partial charge on any atom is 0.339 e. The molecule has 0 spiro atoms. The Morgan fingerprint density at radius 3 is 2.19 bits per heavy atom. The van der Waals surface area contributed by atoms with Crippen molar-refractivity contribution in [2.45, 2.75) is 13.0 Å². The number of rotatable bonds is 7. The number of hydrogen-bond donors (Lipinski definition) is 1. The van der Waals surface area contributed by atoms with E-state index in [-0.39, 0.29) is 5.78 Å². The van der Waals surface area contributed by atoms with E-state index in [9.17, 15) is 14.4 Å². The molecule has 6 nitrogen and oxygen atoms in total. The van der Waals surface area contributed by atoms with E-state index in [1.54, 1.807) is 66.7 Å². The molecule has 0 aliphatic rings. The van der Waals surface area contributed by atoms with Gasteiger partial charge in [-0.1, -0.05) is 48.5 Å². The highest BCUT2D eigenvalue weighted by atomic mass is 16.5. The summed E-state index contributed by atoms with van der Waals surface area (Å²) >= 11 is 0. The summed E-state index contributed by atoms with van der Waals surface area (Å²) in [4.78, 5) is 39.4. The highest BCUT2D eigenvalue weighted by Crippen LogP contribution is 2.23. The number of nitrogens with zero attached hydrogens (tertiary/aromatic N) is 1. The van der Waals surface area contributed by atoms with E-state index in [1.165, 1.54) is 6.92 Å². The molecule has 158 valence electrons. The van der Waals surface area contributed by atoms with Crippen LogP contribution in [-0.2, 0) is 9.53 Å². The maximum absolute atomic E-state index is 13.1. The lowest BCUT2D eigenvalue weighted by atomic mass is 10.1. The monoisotopic (exact) mass is 416 g/mol. The fourth-order valence-corrected chi connectivity index (χ4v) is 3.01. The molecule has 6 heteroatoms. The zero-order chi connectivity index (χ0) is 22.4. The van der Waals surface area contributed by atoms with Crippen molar-refractivity contribution in [2.75, 3.05) is 24.3 Å². The van der Waals surface area contributed by atoms with Crippen LogP contribution < -0.4 is 10.2 Å². The third-order valence-electron chi connectivity index (χ3n) is 4.70. The van der Waals surface area contributed by atoms with Crippen LogP contribution in [0.3, 0.4) is 0 Å². The van der Waals surface area contributed by atoms with Crippen LogP contribution in [0.2, 0.25) is 0 Å². The lowest BCUT2D eigenvalue weighted by molar-refractivity contribution is -0.125. The SMILES string of the molecule is CC(=O)c1cccc(NC(=O)C(OC(=O)c2cccc(N(C)C)c2)c2ccccc2)c1. The van der Waals surface area contributed by atoms with Crippen LogP contribution in [0.25, 0.3) is 0 Å². The topological polar surface area (TPSA) is 75.7 Å². The fraction of sp³-hybridized carbons (Fsp3) is 0.160. The molecule has 1 amide bonds. The molecule has 3 aromatic rings. The third-order valence-corrected chi connectivity index (χ3v) is 4.70. The summed E-state index contributed by atoms with van der Waals surface area (Å²) < 4.78 is 5.63. The average molecular weight is 416 g/mol. The minimum Gasteiger partial charge on any atom is -0.444 e. The summed E-state index contributed by atoms with van der Waals surface area (Å²) in [6.45, 7) is 1.46. The molecule has 1 N–H and O–H groups in total. The second kappa shape index (κ2) is 9.71. The third kappa shape index (κ3) is 5.57. The number of carbonyl (C=O) groups excluding carboxylic acids is 3. The Balaban J connectivity index is 1.86. The highest BCUT2D eigenvalue weighted by molar-refractivity contribution is 6.00. The normalized spacial score (nSPS) is 11.3. The molecule has 1 atom stereocenters. The average Bonchev–Trinajstić information content (AvgIpc) is 2.78. The van der Waals surface area contributed by atoms with Gasteiger partial charge in [0, 0.05) is 36.6 Å². The number of anilines is 2. The van der Waals surface area contributed by atoms with Gasteiger partial charge in [0.2, 0.25) is 6.10 Å². The lowest BCUT2D eigenvalue weighted by Gasteiger charge is -2.19. The fourth-order valence-electron chi connectivity index (χ4n) is 3.01. The number of carbonyl (C=O) groups is 3. The van der Waals surface area contributed by atoms with Crippen molar-refractivity contribution >= 4 is 29.0 Å². The van der Waals surface area contributed by atoms with E-state index in [0.717, 1.165) is 5.69 Å². The van der Waals surface area contributed by atoms with Crippen molar-refractivity contribution in [1.82, 2.24) is 0 Å². The molecule has 31 heavy (non-hydrogen) atoms.